The molecule has 80 valence electrons. The summed E-state index contributed by atoms with van der Waals surface area (Å²) in [5.74, 6) is 0.890. The Morgan fingerprint density at radius 2 is 2.27 bits per heavy atom. The second-order valence-electron chi connectivity index (χ2n) is 3.50. The molecule has 1 aliphatic rings. The average Bonchev–Trinajstić information content (AvgIpc) is 2.65. The first-order valence-electron chi connectivity index (χ1n) is 4.98. The molecule has 1 amide bonds. The van der Waals surface area contributed by atoms with Gasteiger partial charge in [0.1, 0.15) is 5.75 Å². The Kier molecular flexibility index (Phi) is 2.76. The molecule has 1 aromatic rings. The quantitative estimate of drug-likeness (QED) is 0.784. The van der Waals surface area contributed by atoms with Crippen LogP contribution in [0.5, 0.6) is 5.75 Å². The van der Waals surface area contributed by atoms with Crippen LogP contribution in [0.1, 0.15) is 12.8 Å². The summed E-state index contributed by atoms with van der Waals surface area (Å²) in [5, 5.41) is 6.08. The van der Waals surface area contributed by atoms with Crippen LogP contribution in [-0.2, 0) is 4.79 Å². The molecule has 0 bridgehead atoms. The van der Waals surface area contributed by atoms with Gasteiger partial charge in [0.25, 0.3) is 0 Å². The van der Waals surface area contributed by atoms with Gasteiger partial charge in [-0.15, -0.1) is 0 Å². The Bertz CT molecular complexity index is 365. The summed E-state index contributed by atoms with van der Waals surface area (Å²) in [4.78, 5) is 11.0. The van der Waals surface area contributed by atoms with E-state index in [2.05, 4.69) is 10.6 Å². The number of benzene rings is 1. The first-order valence-corrected chi connectivity index (χ1v) is 4.98. The third-order valence-corrected chi connectivity index (χ3v) is 2.43. The lowest BCUT2D eigenvalue weighted by atomic mass is 10.2. The fourth-order valence-electron chi connectivity index (χ4n) is 1.67. The molecule has 0 aliphatic carbocycles. The van der Waals surface area contributed by atoms with Gasteiger partial charge in [0, 0.05) is 6.42 Å². The van der Waals surface area contributed by atoms with Gasteiger partial charge in [0.2, 0.25) is 5.91 Å². The minimum Gasteiger partial charge on any atom is -0.495 e. The fourth-order valence-corrected chi connectivity index (χ4v) is 1.67. The van der Waals surface area contributed by atoms with Gasteiger partial charge in [-0.25, -0.2) is 0 Å². The van der Waals surface area contributed by atoms with Crippen molar-refractivity contribution in [2.24, 2.45) is 0 Å². The first kappa shape index (κ1) is 9.83. The maximum Gasteiger partial charge on any atom is 0.221 e. The van der Waals surface area contributed by atoms with Crippen molar-refractivity contribution in [1.82, 2.24) is 5.32 Å². The van der Waals surface area contributed by atoms with Crippen LogP contribution in [0.15, 0.2) is 24.3 Å². The van der Waals surface area contributed by atoms with Gasteiger partial charge in [0.15, 0.2) is 0 Å². The van der Waals surface area contributed by atoms with Crippen LogP contribution >= 0.6 is 0 Å². The average molecular weight is 206 g/mol. The number of carbonyl (C=O) groups excluding carboxylic acids is 1. The number of nitrogens with one attached hydrogen (secondary N) is 2. The van der Waals surface area contributed by atoms with E-state index in [1.165, 1.54) is 0 Å². The summed E-state index contributed by atoms with van der Waals surface area (Å²) in [7, 11) is 1.63. The Morgan fingerprint density at radius 1 is 1.47 bits per heavy atom. The number of hydrogen-bond acceptors (Lipinski definition) is 3. The number of hydrogen-bond donors (Lipinski definition) is 2. The summed E-state index contributed by atoms with van der Waals surface area (Å²) >= 11 is 0. The first-order chi connectivity index (χ1) is 7.29. The Morgan fingerprint density at radius 3 is 2.93 bits per heavy atom. The van der Waals surface area contributed by atoms with Crippen molar-refractivity contribution in [1.29, 1.82) is 0 Å². The molecule has 0 unspecified atom stereocenters. The number of amides is 1. The van der Waals surface area contributed by atoms with Crippen molar-refractivity contribution in [2.45, 2.75) is 19.0 Å². The summed E-state index contributed by atoms with van der Waals surface area (Å²) < 4.78 is 5.21. The largest absolute Gasteiger partial charge is 0.495 e. The molecule has 2 rings (SSSR count). The third kappa shape index (κ3) is 2.21. The van der Waals surface area contributed by atoms with Crippen molar-refractivity contribution in [3.63, 3.8) is 0 Å². The molecule has 0 radical (unpaired) electrons. The molecule has 2 N–H and O–H groups in total. The predicted molar refractivity (Wildman–Crippen MR) is 57.8 cm³/mol. The Labute approximate surface area is 88.6 Å². The minimum atomic E-state index is 0.0220. The van der Waals surface area contributed by atoms with Gasteiger partial charge < -0.3 is 15.4 Å². The maximum atomic E-state index is 11.0. The number of ether oxygens (including phenoxy) is 1. The lowest BCUT2D eigenvalue weighted by Gasteiger charge is -2.16. The highest BCUT2D eigenvalue weighted by atomic mass is 16.5. The standard InChI is InChI=1S/C11H14N2O2/c1-15-9-5-3-2-4-8(9)12-10-6-7-11(14)13-10/h2-5,10,12H,6-7H2,1H3,(H,13,14)/t10-/m1/s1. The number of para-hydroxylation sites is 2. The highest BCUT2D eigenvalue weighted by Crippen LogP contribution is 2.24. The van der Waals surface area contributed by atoms with E-state index in [0.717, 1.165) is 17.9 Å². The van der Waals surface area contributed by atoms with Crippen LogP contribution in [0.4, 0.5) is 5.69 Å². The molecule has 1 heterocycles. The van der Waals surface area contributed by atoms with E-state index in [4.69, 9.17) is 4.74 Å². The van der Waals surface area contributed by atoms with E-state index in [-0.39, 0.29) is 12.1 Å². The lowest BCUT2D eigenvalue weighted by molar-refractivity contribution is -0.119. The normalized spacial score (nSPS) is 19.8. The number of carbonyl (C=O) groups is 1. The molecule has 1 aliphatic heterocycles. The van der Waals surface area contributed by atoms with E-state index in [1.807, 2.05) is 24.3 Å². The van der Waals surface area contributed by atoms with Crippen LogP contribution in [0.3, 0.4) is 0 Å². The van der Waals surface area contributed by atoms with Gasteiger partial charge in [-0.2, -0.15) is 0 Å². The summed E-state index contributed by atoms with van der Waals surface area (Å²) in [6.07, 6.45) is 1.43. The highest BCUT2D eigenvalue weighted by Gasteiger charge is 2.20. The lowest BCUT2D eigenvalue weighted by Crippen LogP contribution is -2.32. The molecule has 4 heteroatoms. The monoisotopic (exact) mass is 206 g/mol. The topological polar surface area (TPSA) is 50.4 Å². The Hall–Kier alpha value is -1.71. The van der Waals surface area contributed by atoms with Crippen molar-refractivity contribution in [2.75, 3.05) is 12.4 Å². The SMILES string of the molecule is COc1ccccc1N[C@H]1CCC(=O)N1. The van der Waals surface area contributed by atoms with E-state index in [0.29, 0.717) is 6.42 Å². The smallest absolute Gasteiger partial charge is 0.221 e. The summed E-state index contributed by atoms with van der Waals surface area (Å²) in [6.45, 7) is 0. The highest BCUT2D eigenvalue weighted by molar-refractivity contribution is 5.79. The molecule has 1 saturated heterocycles. The molecule has 1 atom stereocenters. The zero-order valence-corrected chi connectivity index (χ0v) is 8.62. The van der Waals surface area contributed by atoms with Gasteiger partial charge in [-0.1, -0.05) is 12.1 Å². The van der Waals surface area contributed by atoms with Crippen LogP contribution in [-0.4, -0.2) is 19.2 Å². The summed E-state index contributed by atoms with van der Waals surface area (Å²) in [6, 6.07) is 7.67. The van der Waals surface area contributed by atoms with Crippen molar-refractivity contribution in [3.8, 4) is 5.75 Å². The van der Waals surface area contributed by atoms with Crippen molar-refractivity contribution >= 4 is 11.6 Å². The Balaban J connectivity index is 2.07. The molecule has 0 spiro atoms. The number of anilines is 1. The van der Waals surface area contributed by atoms with Crippen molar-refractivity contribution in [3.05, 3.63) is 24.3 Å². The van der Waals surface area contributed by atoms with E-state index in [9.17, 15) is 4.79 Å². The second-order valence-corrected chi connectivity index (χ2v) is 3.50. The van der Waals surface area contributed by atoms with E-state index < -0.39 is 0 Å². The van der Waals surface area contributed by atoms with Crippen LogP contribution in [0, 0.1) is 0 Å². The van der Waals surface area contributed by atoms with Gasteiger partial charge >= 0.3 is 0 Å². The molecule has 1 aromatic carbocycles. The molecule has 4 nitrogen and oxygen atoms in total. The third-order valence-electron chi connectivity index (χ3n) is 2.43. The second kappa shape index (κ2) is 4.21. The van der Waals surface area contributed by atoms with Crippen LogP contribution < -0.4 is 15.4 Å². The molecular formula is C11H14N2O2. The maximum absolute atomic E-state index is 11.0. The molecule has 0 saturated carbocycles. The van der Waals surface area contributed by atoms with E-state index >= 15 is 0 Å². The van der Waals surface area contributed by atoms with Crippen LogP contribution in [0.2, 0.25) is 0 Å². The molecular weight excluding hydrogens is 192 g/mol. The zero-order valence-electron chi connectivity index (χ0n) is 8.62. The van der Waals surface area contributed by atoms with E-state index in [1.54, 1.807) is 7.11 Å². The molecule has 1 fully saturated rings. The minimum absolute atomic E-state index is 0.0220. The van der Waals surface area contributed by atoms with Gasteiger partial charge in [-0.3, -0.25) is 4.79 Å². The summed E-state index contributed by atoms with van der Waals surface area (Å²) in [5.41, 5.74) is 0.909. The zero-order chi connectivity index (χ0) is 10.7. The number of rotatable bonds is 3. The predicted octanol–water partition coefficient (Wildman–Crippen LogP) is 1.34. The fraction of sp³-hybridized carbons (Fsp3) is 0.364. The molecule has 15 heavy (non-hydrogen) atoms. The number of methoxy groups -OCH3 is 1. The van der Waals surface area contributed by atoms with Crippen molar-refractivity contribution < 1.29 is 9.53 Å². The molecule has 0 aromatic heterocycles. The van der Waals surface area contributed by atoms with Crippen LogP contribution in [0.25, 0.3) is 0 Å². The van der Waals surface area contributed by atoms with Gasteiger partial charge in [0.05, 0.1) is 19.0 Å². The van der Waals surface area contributed by atoms with Gasteiger partial charge in [-0.05, 0) is 18.6 Å².